The molecule has 0 aromatic heterocycles. The van der Waals surface area contributed by atoms with E-state index in [1.165, 1.54) is 32.1 Å². The van der Waals surface area contributed by atoms with E-state index in [1.54, 1.807) is 7.11 Å². The van der Waals surface area contributed by atoms with E-state index in [4.69, 9.17) is 18.9 Å². The summed E-state index contributed by atoms with van der Waals surface area (Å²) in [5, 5.41) is 2.03. The van der Waals surface area contributed by atoms with Crippen LogP contribution in [0, 0.1) is 23.7 Å². The summed E-state index contributed by atoms with van der Waals surface area (Å²) in [4.78, 5) is 13.7. The van der Waals surface area contributed by atoms with Gasteiger partial charge in [0.15, 0.2) is 6.10 Å². The molecule has 0 radical (unpaired) electrons. The van der Waals surface area contributed by atoms with E-state index in [-0.39, 0.29) is 12.6 Å². The van der Waals surface area contributed by atoms with Crippen molar-refractivity contribution in [3.63, 3.8) is 0 Å². The lowest BCUT2D eigenvalue weighted by Gasteiger charge is -2.59. The van der Waals surface area contributed by atoms with Gasteiger partial charge >= 0.3 is 5.97 Å². The molecule has 2 atom stereocenters. The van der Waals surface area contributed by atoms with Gasteiger partial charge in [-0.3, -0.25) is 0 Å². The number of rotatable bonds is 5. The summed E-state index contributed by atoms with van der Waals surface area (Å²) in [5.41, 5.74) is 1.16. The number of carbonyl (C=O) groups is 1. The number of benzene rings is 3. The maximum absolute atomic E-state index is 13.7. The third-order valence-electron chi connectivity index (χ3n) is 9.68. The van der Waals surface area contributed by atoms with E-state index in [2.05, 4.69) is 13.0 Å². The molecule has 192 valence electrons. The Labute approximate surface area is 218 Å². The van der Waals surface area contributed by atoms with Crippen molar-refractivity contribution in [2.24, 2.45) is 23.7 Å². The third kappa shape index (κ3) is 3.54. The minimum atomic E-state index is -1.27. The number of esters is 1. The van der Waals surface area contributed by atoms with Crippen molar-refractivity contribution in [3.05, 3.63) is 77.9 Å². The van der Waals surface area contributed by atoms with Crippen molar-refractivity contribution >= 4 is 16.7 Å². The van der Waals surface area contributed by atoms with Crippen molar-refractivity contribution < 1.29 is 23.7 Å². The van der Waals surface area contributed by atoms with Crippen LogP contribution in [0.25, 0.3) is 10.8 Å². The molecule has 3 aromatic carbocycles. The molecule has 1 saturated heterocycles. The van der Waals surface area contributed by atoms with Gasteiger partial charge in [-0.1, -0.05) is 60.7 Å². The van der Waals surface area contributed by atoms with Crippen LogP contribution in [-0.2, 0) is 24.8 Å². The van der Waals surface area contributed by atoms with E-state index < -0.39 is 17.5 Å². The quantitative estimate of drug-likeness (QED) is 0.391. The Balaban J connectivity index is 1.23. The van der Waals surface area contributed by atoms with Gasteiger partial charge in [0.1, 0.15) is 11.4 Å². The van der Waals surface area contributed by atoms with Crippen LogP contribution in [0.4, 0.5) is 0 Å². The third-order valence-corrected chi connectivity index (χ3v) is 9.68. The molecular weight excluding hydrogens is 464 g/mol. The summed E-state index contributed by atoms with van der Waals surface area (Å²) < 4.78 is 25.5. The first-order valence-corrected chi connectivity index (χ1v) is 13.7. The molecule has 4 bridgehead atoms. The normalized spacial score (nSPS) is 36.1. The van der Waals surface area contributed by atoms with Gasteiger partial charge in [-0.15, -0.1) is 0 Å². The van der Waals surface area contributed by atoms with Gasteiger partial charge in [0.05, 0.1) is 19.3 Å². The van der Waals surface area contributed by atoms with Crippen LogP contribution in [-0.4, -0.2) is 31.4 Å². The van der Waals surface area contributed by atoms with E-state index in [0.29, 0.717) is 17.6 Å². The maximum Gasteiger partial charge on any atom is 0.338 e. The lowest BCUT2D eigenvalue weighted by molar-refractivity contribution is -0.215. The molecule has 4 saturated carbocycles. The van der Waals surface area contributed by atoms with Crippen LogP contribution in [0.15, 0.2) is 66.7 Å². The smallest absolute Gasteiger partial charge is 0.338 e. The zero-order valence-electron chi connectivity index (χ0n) is 21.5. The van der Waals surface area contributed by atoms with Gasteiger partial charge in [-0.25, -0.2) is 4.79 Å². The largest absolute Gasteiger partial charge is 0.496 e. The zero-order chi connectivity index (χ0) is 25.2. The summed E-state index contributed by atoms with van der Waals surface area (Å²) >= 11 is 0. The first kappa shape index (κ1) is 23.2. The zero-order valence-corrected chi connectivity index (χ0v) is 21.5. The SMILES string of the molecule is COc1c(C2(c3ccccc3)OCC(C(=O)OC3(C)C4CC5CC(C4)CC3C5)O2)ccc2ccccc12. The molecule has 1 heterocycles. The minimum Gasteiger partial charge on any atom is -0.496 e. The first-order chi connectivity index (χ1) is 18.0. The average Bonchev–Trinajstić information content (AvgIpc) is 3.38. The fraction of sp³-hybridized carbons (Fsp3) is 0.469. The standard InChI is InChI=1S/C32H34O5/c1-31(24-15-20-14-21(17-24)18-25(31)16-20)37-30(33)28-19-35-32(36-28,23-9-4-3-5-10-23)27-13-12-22-8-6-7-11-26(22)29(27)34-2/h3-13,20-21,24-25,28H,14-19H2,1-2H3. The molecule has 5 aliphatic rings. The Hall–Kier alpha value is -2.89. The highest BCUT2D eigenvalue weighted by atomic mass is 16.8. The van der Waals surface area contributed by atoms with Crippen molar-refractivity contribution in [3.8, 4) is 5.75 Å². The number of carbonyl (C=O) groups excluding carboxylic acids is 1. The fourth-order valence-electron chi connectivity index (χ4n) is 7.97. The van der Waals surface area contributed by atoms with E-state index >= 15 is 0 Å². The number of hydrogen-bond donors (Lipinski definition) is 0. The number of hydrogen-bond acceptors (Lipinski definition) is 5. The Kier molecular flexibility index (Phi) is 5.38. The van der Waals surface area contributed by atoms with Crippen LogP contribution in [0.1, 0.15) is 50.2 Å². The highest BCUT2D eigenvalue weighted by Gasteiger charge is 2.58. The molecule has 0 amide bonds. The predicted molar refractivity (Wildman–Crippen MR) is 140 cm³/mol. The van der Waals surface area contributed by atoms with Gasteiger partial charge in [0, 0.05) is 10.9 Å². The minimum absolute atomic E-state index is 0.125. The van der Waals surface area contributed by atoms with Crippen molar-refractivity contribution in [1.82, 2.24) is 0 Å². The van der Waals surface area contributed by atoms with Gasteiger partial charge in [0.25, 0.3) is 0 Å². The number of methoxy groups -OCH3 is 1. The average molecular weight is 499 g/mol. The van der Waals surface area contributed by atoms with Crippen LogP contribution in [0.5, 0.6) is 5.75 Å². The molecule has 3 aromatic rings. The lowest BCUT2D eigenvalue weighted by atomic mass is 9.50. The molecule has 5 fully saturated rings. The summed E-state index contributed by atoms with van der Waals surface area (Å²) in [6.45, 7) is 2.30. The highest BCUT2D eigenvalue weighted by Crippen LogP contribution is 2.59. The van der Waals surface area contributed by atoms with Gasteiger partial charge in [-0.05, 0) is 74.2 Å². The Morgan fingerprint density at radius 3 is 2.24 bits per heavy atom. The van der Waals surface area contributed by atoms with Crippen LogP contribution in [0.3, 0.4) is 0 Å². The molecule has 2 unspecified atom stereocenters. The molecular formula is C32H34O5. The van der Waals surface area contributed by atoms with Crippen molar-refractivity contribution in [1.29, 1.82) is 0 Å². The van der Waals surface area contributed by atoms with E-state index in [1.807, 2.05) is 60.7 Å². The van der Waals surface area contributed by atoms with E-state index in [0.717, 1.165) is 33.7 Å². The van der Waals surface area contributed by atoms with Crippen LogP contribution < -0.4 is 4.74 Å². The van der Waals surface area contributed by atoms with Crippen molar-refractivity contribution in [2.45, 2.75) is 56.5 Å². The monoisotopic (exact) mass is 498 g/mol. The second kappa shape index (κ2) is 8.57. The first-order valence-electron chi connectivity index (χ1n) is 13.7. The summed E-state index contributed by atoms with van der Waals surface area (Å²) in [6.07, 6.45) is 5.28. The van der Waals surface area contributed by atoms with Gasteiger partial charge < -0.3 is 18.9 Å². The fourth-order valence-corrected chi connectivity index (χ4v) is 7.97. The molecule has 8 rings (SSSR count). The number of fused-ring (bicyclic) bond motifs is 1. The summed E-state index contributed by atoms with van der Waals surface area (Å²) in [5.74, 6) is 1.63. The van der Waals surface area contributed by atoms with Gasteiger partial charge in [-0.2, -0.15) is 0 Å². The molecule has 1 aliphatic heterocycles. The Morgan fingerprint density at radius 1 is 0.865 bits per heavy atom. The van der Waals surface area contributed by atoms with Crippen molar-refractivity contribution in [2.75, 3.05) is 13.7 Å². The summed E-state index contributed by atoms with van der Waals surface area (Å²) in [7, 11) is 1.66. The number of ether oxygens (including phenoxy) is 4. The molecule has 4 aliphatic carbocycles. The Morgan fingerprint density at radius 2 is 1.54 bits per heavy atom. The predicted octanol–water partition coefficient (Wildman–Crippen LogP) is 6.22. The van der Waals surface area contributed by atoms with Crippen LogP contribution >= 0.6 is 0 Å². The second-order valence-corrected chi connectivity index (χ2v) is 11.7. The Bertz CT molecular complexity index is 1310. The molecule has 37 heavy (non-hydrogen) atoms. The molecule has 0 N–H and O–H groups in total. The van der Waals surface area contributed by atoms with Crippen LogP contribution in [0.2, 0.25) is 0 Å². The topological polar surface area (TPSA) is 54.0 Å². The highest BCUT2D eigenvalue weighted by molar-refractivity contribution is 5.90. The summed E-state index contributed by atoms with van der Waals surface area (Å²) in [6, 6.07) is 21.9. The van der Waals surface area contributed by atoms with Gasteiger partial charge in [0.2, 0.25) is 5.79 Å². The molecule has 0 spiro atoms. The second-order valence-electron chi connectivity index (χ2n) is 11.7. The maximum atomic E-state index is 13.7. The molecule has 5 nitrogen and oxygen atoms in total. The molecule has 5 heteroatoms. The van der Waals surface area contributed by atoms with E-state index in [9.17, 15) is 4.79 Å². The lowest BCUT2D eigenvalue weighted by Crippen LogP contribution is -2.58.